The molecule has 1 aromatic carbocycles. The van der Waals surface area contributed by atoms with E-state index in [1.807, 2.05) is 0 Å². The fraction of sp³-hybridized carbons (Fsp3) is 0.368. The van der Waals surface area contributed by atoms with Crippen molar-refractivity contribution in [1.82, 2.24) is 14.9 Å². The Kier molecular flexibility index (Phi) is 6.38. The smallest absolute Gasteiger partial charge is 0.238 e. The zero-order valence-corrected chi connectivity index (χ0v) is 16.0. The largest absolute Gasteiger partial charge is 0.495 e. The molecule has 2 aromatic rings. The highest BCUT2D eigenvalue weighted by Crippen LogP contribution is 2.27. The summed E-state index contributed by atoms with van der Waals surface area (Å²) < 4.78 is 5.30. The number of benzene rings is 1. The van der Waals surface area contributed by atoms with Crippen LogP contribution in [-0.4, -0.2) is 66.5 Å². The van der Waals surface area contributed by atoms with Crippen molar-refractivity contribution in [2.75, 3.05) is 55.4 Å². The third-order valence-corrected chi connectivity index (χ3v) is 4.37. The Morgan fingerprint density at radius 3 is 2.46 bits per heavy atom. The topological polar surface area (TPSA) is 99.7 Å². The van der Waals surface area contributed by atoms with E-state index in [9.17, 15) is 9.59 Å². The van der Waals surface area contributed by atoms with Crippen molar-refractivity contribution in [3.8, 4) is 5.75 Å². The molecule has 1 saturated heterocycles. The van der Waals surface area contributed by atoms with Gasteiger partial charge < -0.3 is 20.3 Å². The Balaban J connectivity index is 1.55. The quantitative estimate of drug-likeness (QED) is 0.772. The van der Waals surface area contributed by atoms with Gasteiger partial charge in [0.2, 0.25) is 17.8 Å². The van der Waals surface area contributed by atoms with Crippen molar-refractivity contribution in [1.29, 1.82) is 0 Å². The summed E-state index contributed by atoms with van der Waals surface area (Å²) in [6.07, 6.45) is 3.45. The van der Waals surface area contributed by atoms with Gasteiger partial charge in [-0.2, -0.15) is 0 Å². The van der Waals surface area contributed by atoms with E-state index in [4.69, 9.17) is 4.74 Å². The summed E-state index contributed by atoms with van der Waals surface area (Å²) in [5, 5.41) is 5.57. The molecule has 28 heavy (non-hydrogen) atoms. The van der Waals surface area contributed by atoms with Crippen molar-refractivity contribution in [2.45, 2.75) is 6.92 Å². The first-order valence-electron chi connectivity index (χ1n) is 9.05. The minimum atomic E-state index is -0.178. The molecule has 1 aromatic heterocycles. The number of anilines is 3. The van der Waals surface area contributed by atoms with E-state index >= 15 is 0 Å². The zero-order valence-electron chi connectivity index (χ0n) is 16.0. The van der Waals surface area contributed by atoms with E-state index in [0.29, 0.717) is 23.1 Å². The van der Waals surface area contributed by atoms with Gasteiger partial charge in [0.15, 0.2) is 0 Å². The number of rotatable bonds is 6. The molecule has 2 N–H and O–H groups in total. The average molecular weight is 384 g/mol. The number of nitrogens with zero attached hydrogens (tertiary/aromatic N) is 4. The van der Waals surface area contributed by atoms with Crippen LogP contribution < -0.4 is 20.3 Å². The van der Waals surface area contributed by atoms with Crippen molar-refractivity contribution < 1.29 is 14.3 Å². The molecule has 0 saturated carbocycles. The van der Waals surface area contributed by atoms with E-state index in [2.05, 4.69) is 30.4 Å². The molecule has 0 unspecified atom stereocenters. The fourth-order valence-electron chi connectivity index (χ4n) is 3.04. The number of methoxy groups -OCH3 is 1. The fourth-order valence-corrected chi connectivity index (χ4v) is 3.04. The molecule has 9 nitrogen and oxygen atoms in total. The summed E-state index contributed by atoms with van der Waals surface area (Å²) in [5.74, 6) is 0.935. The molecule has 3 rings (SSSR count). The lowest BCUT2D eigenvalue weighted by Crippen LogP contribution is -2.49. The van der Waals surface area contributed by atoms with Gasteiger partial charge in [0, 0.05) is 51.2 Å². The second-order valence-corrected chi connectivity index (χ2v) is 6.46. The maximum Gasteiger partial charge on any atom is 0.238 e. The van der Waals surface area contributed by atoms with Crippen LogP contribution in [0.2, 0.25) is 0 Å². The first-order valence-corrected chi connectivity index (χ1v) is 9.05. The predicted molar refractivity (Wildman–Crippen MR) is 107 cm³/mol. The van der Waals surface area contributed by atoms with Crippen LogP contribution >= 0.6 is 0 Å². The molecule has 1 fully saturated rings. The van der Waals surface area contributed by atoms with Crippen LogP contribution in [0.4, 0.5) is 17.3 Å². The van der Waals surface area contributed by atoms with Crippen LogP contribution in [0.1, 0.15) is 6.92 Å². The SMILES string of the molecule is COc1ccc(NC(C)=O)cc1NC(=O)CN1CCN(c2ncccn2)CC1. The molecular weight excluding hydrogens is 360 g/mol. The molecular formula is C19H24N6O3. The monoisotopic (exact) mass is 384 g/mol. The van der Waals surface area contributed by atoms with Gasteiger partial charge in [-0.15, -0.1) is 0 Å². The van der Waals surface area contributed by atoms with E-state index in [-0.39, 0.29) is 18.4 Å². The Hall–Kier alpha value is -3.20. The number of piperazine rings is 1. The lowest BCUT2D eigenvalue weighted by molar-refractivity contribution is -0.117. The molecule has 2 heterocycles. The number of carbonyl (C=O) groups is 2. The third kappa shape index (κ3) is 5.17. The van der Waals surface area contributed by atoms with Crippen molar-refractivity contribution in [3.63, 3.8) is 0 Å². The van der Waals surface area contributed by atoms with Crippen LogP contribution in [0.25, 0.3) is 0 Å². The number of nitrogens with one attached hydrogen (secondary N) is 2. The summed E-state index contributed by atoms with van der Waals surface area (Å²) in [4.78, 5) is 36.5. The highest BCUT2D eigenvalue weighted by Gasteiger charge is 2.21. The summed E-state index contributed by atoms with van der Waals surface area (Å²) in [6, 6.07) is 6.91. The number of amides is 2. The molecule has 0 radical (unpaired) electrons. The van der Waals surface area contributed by atoms with Gasteiger partial charge >= 0.3 is 0 Å². The molecule has 0 bridgehead atoms. The summed E-state index contributed by atoms with van der Waals surface area (Å²) >= 11 is 0. The van der Waals surface area contributed by atoms with E-state index in [1.54, 1.807) is 36.7 Å². The Labute approximate surface area is 163 Å². The summed E-state index contributed by atoms with van der Waals surface area (Å²) in [5.41, 5.74) is 1.12. The van der Waals surface area contributed by atoms with Crippen LogP contribution in [0.5, 0.6) is 5.75 Å². The van der Waals surface area contributed by atoms with Gasteiger partial charge in [-0.25, -0.2) is 9.97 Å². The highest BCUT2D eigenvalue weighted by molar-refractivity contribution is 5.95. The van der Waals surface area contributed by atoms with Crippen LogP contribution in [0.15, 0.2) is 36.7 Å². The molecule has 148 valence electrons. The van der Waals surface area contributed by atoms with Gasteiger partial charge in [0.05, 0.1) is 19.3 Å². The summed E-state index contributed by atoms with van der Waals surface area (Å²) in [6.45, 7) is 4.72. The van der Waals surface area contributed by atoms with Crippen LogP contribution in [-0.2, 0) is 9.59 Å². The minimum Gasteiger partial charge on any atom is -0.495 e. The van der Waals surface area contributed by atoms with Crippen molar-refractivity contribution in [3.05, 3.63) is 36.7 Å². The lowest BCUT2D eigenvalue weighted by Gasteiger charge is -2.34. The highest BCUT2D eigenvalue weighted by atomic mass is 16.5. The van der Waals surface area contributed by atoms with Crippen molar-refractivity contribution >= 4 is 29.1 Å². The molecule has 0 atom stereocenters. The van der Waals surface area contributed by atoms with E-state index in [1.165, 1.54) is 14.0 Å². The van der Waals surface area contributed by atoms with Crippen LogP contribution in [0.3, 0.4) is 0 Å². The third-order valence-electron chi connectivity index (χ3n) is 4.37. The number of hydrogen-bond acceptors (Lipinski definition) is 7. The second kappa shape index (κ2) is 9.14. The molecule has 2 amide bonds. The van der Waals surface area contributed by atoms with E-state index < -0.39 is 0 Å². The molecule has 0 spiro atoms. The standard InChI is InChI=1S/C19H24N6O3/c1-14(26)22-15-4-5-17(28-2)16(12-15)23-18(27)13-24-8-10-25(11-9-24)19-20-6-3-7-21-19/h3-7,12H,8-11,13H2,1-2H3,(H,22,26)(H,23,27). The first kappa shape index (κ1) is 19.6. The molecule has 0 aliphatic carbocycles. The second-order valence-electron chi connectivity index (χ2n) is 6.46. The number of ether oxygens (including phenoxy) is 1. The number of aromatic nitrogens is 2. The average Bonchev–Trinajstić information content (AvgIpc) is 2.69. The molecule has 9 heteroatoms. The predicted octanol–water partition coefficient (Wildman–Crippen LogP) is 1.20. The van der Waals surface area contributed by atoms with Crippen LogP contribution in [0, 0.1) is 0 Å². The van der Waals surface area contributed by atoms with Gasteiger partial charge in [-0.1, -0.05) is 0 Å². The Morgan fingerprint density at radius 1 is 1.11 bits per heavy atom. The lowest BCUT2D eigenvalue weighted by atomic mass is 10.2. The molecule has 1 aliphatic heterocycles. The maximum atomic E-state index is 12.5. The van der Waals surface area contributed by atoms with Gasteiger partial charge in [-0.05, 0) is 24.3 Å². The normalized spacial score (nSPS) is 14.4. The Bertz CT molecular complexity index is 822. The number of hydrogen-bond donors (Lipinski definition) is 2. The maximum absolute atomic E-state index is 12.5. The minimum absolute atomic E-state index is 0.136. The van der Waals surface area contributed by atoms with Gasteiger partial charge in [0.1, 0.15) is 5.75 Å². The molecule has 1 aliphatic rings. The number of carbonyl (C=O) groups excluding carboxylic acids is 2. The van der Waals surface area contributed by atoms with Gasteiger partial charge in [0.25, 0.3) is 0 Å². The van der Waals surface area contributed by atoms with Gasteiger partial charge in [-0.3, -0.25) is 14.5 Å². The van der Waals surface area contributed by atoms with E-state index in [0.717, 1.165) is 26.2 Å². The summed E-state index contributed by atoms with van der Waals surface area (Å²) in [7, 11) is 1.54. The van der Waals surface area contributed by atoms with Crippen molar-refractivity contribution in [2.24, 2.45) is 0 Å². The first-order chi connectivity index (χ1) is 13.5. The Morgan fingerprint density at radius 2 is 1.82 bits per heavy atom. The zero-order chi connectivity index (χ0) is 19.9.